The SMILES string of the molecule is C=C(C)CN1C(=O)COc2cc(NC(=O)/C=C/c3ccc(OCC)c(OC)c3)ccc21. The third-order valence-electron chi connectivity index (χ3n) is 4.51. The van der Waals surface area contributed by atoms with Crippen molar-refractivity contribution in [1.82, 2.24) is 0 Å². The molecule has 31 heavy (non-hydrogen) atoms. The molecule has 1 aliphatic rings. The minimum Gasteiger partial charge on any atom is -0.493 e. The third kappa shape index (κ3) is 5.45. The average molecular weight is 422 g/mol. The molecule has 162 valence electrons. The van der Waals surface area contributed by atoms with Gasteiger partial charge in [0, 0.05) is 24.4 Å². The van der Waals surface area contributed by atoms with E-state index in [9.17, 15) is 9.59 Å². The first kappa shape index (κ1) is 22.0. The molecular formula is C24H26N2O5. The standard InChI is InChI=1S/C24H26N2O5/c1-5-30-20-10-6-17(12-22(20)29-4)7-11-23(27)25-18-8-9-19-21(13-18)31-15-24(28)26(19)14-16(2)3/h6-13H,2,5,14-15H2,1,3-4H3,(H,25,27)/b11-7+. The molecule has 1 heterocycles. The van der Waals surface area contributed by atoms with Gasteiger partial charge in [-0.2, -0.15) is 0 Å². The van der Waals surface area contributed by atoms with Crippen LogP contribution in [-0.4, -0.2) is 38.7 Å². The molecule has 0 unspecified atom stereocenters. The maximum Gasteiger partial charge on any atom is 0.265 e. The molecule has 0 fully saturated rings. The Morgan fingerprint density at radius 1 is 1.26 bits per heavy atom. The van der Waals surface area contributed by atoms with Gasteiger partial charge >= 0.3 is 0 Å². The van der Waals surface area contributed by atoms with Crippen LogP contribution in [0.5, 0.6) is 17.2 Å². The summed E-state index contributed by atoms with van der Waals surface area (Å²) in [5, 5.41) is 2.81. The molecule has 2 aromatic carbocycles. The number of carbonyl (C=O) groups excluding carboxylic acids is 2. The number of carbonyl (C=O) groups is 2. The Labute approximate surface area is 181 Å². The van der Waals surface area contributed by atoms with E-state index in [-0.39, 0.29) is 18.4 Å². The van der Waals surface area contributed by atoms with Crippen molar-refractivity contribution in [2.45, 2.75) is 13.8 Å². The van der Waals surface area contributed by atoms with E-state index in [0.717, 1.165) is 11.1 Å². The molecule has 0 spiro atoms. The number of fused-ring (bicyclic) bond motifs is 1. The fourth-order valence-electron chi connectivity index (χ4n) is 3.14. The molecule has 0 bridgehead atoms. The second kappa shape index (κ2) is 9.84. The lowest BCUT2D eigenvalue weighted by atomic mass is 10.1. The van der Waals surface area contributed by atoms with Crippen molar-refractivity contribution in [2.24, 2.45) is 0 Å². The third-order valence-corrected chi connectivity index (χ3v) is 4.51. The fraction of sp³-hybridized carbons (Fsp3) is 0.250. The highest BCUT2D eigenvalue weighted by Gasteiger charge is 2.25. The van der Waals surface area contributed by atoms with Crippen LogP contribution in [0.1, 0.15) is 19.4 Å². The fourth-order valence-corrected chi connectivity index (χ4v) is 3.14. The van der Waals surface area contributed by atoms with Gasteiger partial charge in [-0.25, -0.2) is 0 Å². The molecule has 2 aromatic rings. The minimum absolute atomic E-state index is 0.0445. The molecule has 7 heteroatoms. The van der Waals surface area contributed by atoms with E-state index in [2.05, 4.69) is 11.9 Å². The highest BCUT2D eigenvalue weighted by Crippen LogP contribution is 2.35. The van der Waals surface area contributed by atoms with E-state index in [4.69, 9.17) is 14.2 Å². The Morgan fingerprint density at radius 2 is 2.06 bits per heavy atom. The summed E-state index contributed by atoms with van der Waals surface area (Å²) < 4.78 is 16.4. The monoisotopic (exact) mass is 422 g/mol. The van der Waals surface area contributed by atoms with E-state index in [0.29, 0.717) is 41.8 Å². The average Bonchev–Trinajstić information content (AvgIpc) is 2.75. The molecule has 2 amide bonds. The summed E-state index contributed by atoms with van der Waals surface area (Å²) >= 11 is 0. The molecule has 3 rings (SSSR count). The van der Waals surface area contributed by atoms with Crippen molar-refractivity contribution >= 4 is 29.3 Å². The number of nitrogens with one attached hydrogen (secondary N) is 1. The Bertz CT molecular complexity index is 1030. The van der Waals surface area contributed by atoms with Gasteiger partial charge in [0.15, 0.2) is 18.1 Å². The number of ether oxygens (including phenoxy) is 3. The highest BCUT2D eigenvalue weighted by atomic mass is 16.5. The number of amides is 2. The molecule has 7 nitrogen and oxygen atoms in total. The first-order valence-electron chi connectivity index (χ1n) is 9.92. The largest absolute Gasteiger partial charge is 0.493 e. The molecule has 0 aromatic heterocycles. The van der Waals surface area contributed by atoms with Gasteiger partial charge in [-0.3, -0.25) is 9.59 Å². The molecule has 1 aliphatic heterocycles. The van der Waals surface area contributed by atoms with Crippen LogP contribution in [-0.2, 0) is 9.59 Å². The molecule has 0 atom stereocenters. The topological polar surface area (TPSA) is 77.1 Å². The number of methoxy groups -OCH3 is 1. The zero-order chi connectivity index (χ0) is 22.4. The van der Waals surface area contributed by atoms with Crippen molar-refractivity contribution in [3.63, 3.8) is 0 Å². The predicted octanol–water partition coefficient (Wildman–Crippen LogP) is 4.05. The smallest absolute Gasteiger partial charge is 0.265 e. The molecule has 0 saturated heterocycles. The van der Waals surface area contributed by atoms with E-state index in [1.165, 1.54) is 6.08 Å². The Balaban J connectivity index is 1.70. The Hall–Kier alpha value is -3.74. The van der Waals surface area contributed by atoms with Gasteiger partial charge in [0.1, 0.15) is 5.75 Å². The summed E-state index contributed by atoms with van der Waals surface area (Å²) in [5.41, 5.74) is 2.91. The summed E-state index contributed by atoms with van der Waals surface area (Å²) in [4.78, 5) is 26.1. The van der Waals surface area contributed by atoms with Gasteiger partial charge in [-0.05, 0) is 49.8 Å². The predicted molar refractivity (Wildman–Crippen MR) is 121 cm³/mol. The van der Waals surface area contributed by atoms with Crippen molar-refractivity contribution in [2.75, 3.05) is 37.1 Å². The van der Waals surface area contributed by atoms with E-state index >= 15 is 0 Å². The molecular weight excluding hydrogens is 396 g/mol. The lowest BCUT2D eigenvalue weighted by Crippen LogP contribution is -2.39. The van der Waals surface area contributed by atoms with Crippen LogP contribution < -0.4 is 24.4 Å². The first-order chi connectivity index (χ1) is 14.9. The second-order valence-electron chi connectivity index (χ2n) is 7.07. The molecule has 0 radical (unpaired) electrons. The summed E-state index contributed by atoms with van der Waals surface area (Å²) in [6.45, 7) is 8.56. The highest BCUT2D eigenvalue weighted by molar-refractivity contribution is 6.03. The summed E-state index contributed by atoms with van der Waals surface area (Å²) in [6.07, 6.45) is 3.13. The normalized spacial score (nSPS) is 12.9. The van der Waals surface area contributed by atoms with Crippen LogP contribution in [0.2, 0.25) is 0 Å². The molecule has 1 N–H and O–H groups in total. The zero-order valence-electron chi connectivity index (χ0n) is 17.9. The van der Waals surface area contributed by atoms with Crippen molar-refractivity contribution in [1.29, 1.82) is 0 Å². The zero-order valence-corrected chi connectivity index (χ0v) is 17.9. The summed E-state index contributed by atoms with van der Waals surface area (Å²) in [7, 11) is 1.57. The van der Waals surface area contributed by atoms with Crippen molar-refractivity contribution in [3.8, 4) is 17.2 Å². The van der Waals surface area contributed by atoms with Crippen molar-refractivity contribution in [3.05, 3.63) is 60.2 Å². The van der Waals surface area contributed by atoms with E-state index < -0.39 is 0 Å². The van der Waals surface area contributed by atoms with Crippen LogP contribution in [0.4, 0.5) is 11.4 Å². The van der Waals surface area contributed by atoms with Gasteiger partial charge in [0.2, 0.25) is 5.91 Å². The number of nitrogens with zero attached hydrogens (tertiary/aromatic N) is 1. The van der Waals surface area contributed by atoms with Gasteiger partial charge in [-0.15, -0.1) is 0 Å². The Kier molecular flexibility index (Phi) is 6.97. The van der Waals surface area contributed by atoms with Crippen LogP contribution in [0.25, 0.3) is 6.08 Å². The van der Waals surface area contributed by atoms with E-state index in [1.807, 2.05) is 19.9 Å². The molecule has 0 saturated carbocycles. The number of rotatable bonds is 8. The van der Waals surface area contributed by atoms with Crippen molar-refractivity contribution < 1.29 is 23.8 Å². The second-order valence-corrected chi connectivity index (χ2v) is 7.07. The summed E-state index contributed by atoms with van der Waals surface area (Å²) in [6, 6.07) is 10.6. The van der Waals surface area contributed by atoms with Crippen LogP contribution >= 0.6 is 0 Å². The van der Waals surface area contributed by atoms with E-state index in [1.54, 1.807) is 48.4 Å². The quantitative estimate of drug-likeness (QED) is 0.513. The number of anilines is 2. The lowest BCUT2D eigenvalue weighted by Gasteiger charge is -2.29. The lowest BCUT2D eigenvalue weighted by molar-refractivity contribution is -0.121. The van der Waals surface area contributed by atoms with Crippen LogP contribution in [0.3, 0.4) is 0 Å². The maximum atomic E-state index is 12.4. The minimum atomic E-state index is -0.293. The number of hydrogen-bond donors (Lipinski definition) is 1. The maximum absolute atomic E-state index is 12.4. The number of hydrogen-bond acceptors (Lipinski definition) is 5. The molecule has 0 aliphatic carbocycles. The van der Waals surface area contributed by atoms with Gasteiger partial charge in [0.05, 0.1) is 19.4 Å². The van der Waals surface area contributed by atoms with Crippen LogP contribution in [0, 0.1) is 0 Å². The Morgan fingerprint density at radius 3 is 2.77 bits per heavy atom. The number of benzene rings is 2. The summed E-state index contributed by atoms with van der Waals surface area (Å²) in [5.74, 6) is 1.38. The van der Waals surface area contributed by atoms with Gasteiger partial charge in [0.25, 0.3) is 5.91 Å². The first-order valence-corrected chi connectivity index (χ1v) is 9.92. The van der Waals surface area contributed by atoms with Gasteiger partial charge < -0.3 is 24.4 Å². The van der Waals surface area contributed by atoms with Crippen LogP contribution in [0.15, 0.2) is 54.6 Å². The van der Waals surface area contributed by atoms with Gasteiger partial charge in [-0.1, -0.05) is 18.2 Å².